The minimum Gasteiger partial charge on any atom is -0.385 e. The van der Waals surface area contributed by atoms with Crippen molar-refractivity contribution in [3.05, 3.63) is 11.1 Å². The van der Waals surface area contributed by atoms with Crippen LogP contribution in [0.2, 0.25) is 0 Å². The highest BCUT2D eigenvalue weighted by Crippen LogP contribution is 2.10. The Bertz CT molecular complexity index is 282. The van der Waals surface area contributed by atoms with Crippen molar-refractivity contribution in [2.75, 3.05) is 0 Å². The Labute approximate surface area is 117 Å². The highest BCUT2D eigenvalue weighted by atomic mass is 28.1. The van der Waals surface area contributed by atoms with Crippen molar-refractivity contribution >= 4 is 10.2 Å². The summed E-state index contributed by atoms with van der Waals surface area (Å²) in [6, 6.07) is 0. The molecule has 0 spiro atoms. The van der Waals surface area contributed by atoms with Gasteiger partial charge in [-0.1, -0.05) is 0 Å². The van der Waals surface area contributed by atoms with Gasteiger partial charge < -0.3 is 16.0 Å². The van der Waals surface area contributed by atoms with E-state index >= 15 is 0 Å². The summed E-state index contributed by atoms with van der Waals surface area (Å²) in [6.07, 6.45) is 0. The number of nitrogens with one attached hydrogen (secondary N) is 3. The summed E-state index contributed by atoms with van der Waals surface area (Å²) in [5.41, 5.74) is 0.215. The number of hydrogen-bond acceptors (Lipinski definition) is 3. The van der Waals surface area contributed by atoms with E-state index in [9.17, 15) is 0 Å². The maximum absolute atomic E-state index is 3.58. The van der Waals surface area contributed by atoms with Crippen molar-refractivity contribution in [3.8, 4) is 0 Å². The monoisotopic (exact) mass is 271 g/mol. The molecule has 0 aromatic rings. The lowest BCUT2D eigenvalue weighted by Crippen LogP contribution is -2.49. The Morgan fingerprint density at radius 2 is 0.889 bits per heavy atom. The van der Waals surface area contributed by atoms with Crippen molar-refractivity contribution in [1.82, 2.24) is 16.0 Å². The van der Waals surface area contributed by atoms with Crippen LogP contribution in [0.3, 0.4) is 0 Å². The first-order valence-electron chi connectivity index (χ1n) is 6.75. The molecule has 4 heteroatoms. The molecular weight excluding hydrogens is 238 g/mol. The molecule has 3 N–H and O–H groups in total. The average Bonchev–Trinajstić information content (AvgIpc) is 1.93. The Kier molecular flexibility index (Phi) is 5.35. The normalized spacial score (nSPS) is 13.2. The van der Waals surface area contributed by atoms with E-state index in [2.05, 4.69) is 78.3 Å². The maximum atomic E-state index is 3.58. The van der Waals surface area contributed by atoms with Crippen molar-refractivity contribution in [3.63, 3.8) is 0 Å². The lowest BCUT2D eigenvalue weighted by molar-refractivity contribution is 0.386. The van der Waals surface area contributed by atoms with Gasteiger partial charge in [-0.3, -0.25) is 0 Å². The molecule has 0 aromatic heterocycles. The van der Waals surface area contributed by atoms with Crippen LogP contribution in [0, 0.1) is 0 Å². The molecule has 0 fully saturated rings. The van der Waals surface area contributed by atoms with E-state index in [1.165, 1.54) is 5.32 Å². The summed E-state index contributed by atoms with van der Waals surface area (Å²) in [5, 5.41) is 12.0. The van der Waals surface area contributed by atoms with Crippen molar-refractivity contribution < 1.29 is 0 Å². The summed E-state index contributed by atoms with van der Waals surface area (Å²) in [5.74, 6) is 1.14. The van der Waals surface area contributed by atoms with Crippen LogP contribution in [-0.2, 0) is 0 Å². The second-order valence-electron chi connectivity index (χ2n) is 8.12. The molecule has 108 valence electrons. The molecule has 0 unspecified atom stereocenters. The molecule has 0 heterocycles. The van der Waals surface area contributed by atoms with Gasteiger partial charge in [-0.15, -0.1) is 0 Å². The predicted molar refractivity (Wildman–Crippen MR) is 85.6 cm³/mol. The van der Waals surface area contributed by atoms with Gasteiger partial charge in [-0.25, -0.2) is 0 Å². The van der Waals surface area contributed by atoms with E-state index in [0.717, 1.165) is 16.1 Å². The second kappa shape index (κ2) is 5.55. The van der Waals surface area contributed by atoms with Gasteiger partial charge in [0.1, 0.15) is 5.82 Å². The van der Waals surface area contributed by atoms with E-state index in [-0.39, 0.29) is 16.6 Å². The Hall–Kier alpha value is -0.643. The topological polar surface area (TPSA) is 36.1 Å². The minimum absolute atomic E-state index is 0.0583. The van der Waals surface area contributed by atoms with Gasteiger partial charge in [-0.05, 0) is 62.3 Å². The number of hydrogen-bond donors (Lipinski definition) is 3. The molecule has 0 aliphatic carbocycles. The molecule has 0 amide bonds. The molecular formula is C14H33N3Si. The molecule has 0 aliphatic heterocycles. The molecule has 0 bridgehead atoms. The first-order chi connectivity index (χ1) is 7.70. The highest BCUT2D eigenvalue weighted by Gasteiger charge is 2.19. The largest absolute Gasteiger partial charge is 0.385 e. The Morgan fingerprint density at radius 3 is 1.11 bits per heavy atom. The fourth-order valence-electron chi connectivity index (χ4n) is 1.59. The van der Waals surface area contributed by atoms with Gasteiger partial charge in [0.25, 0.3) is 0 Å². The standard InChI is InChI=1S/C14H33N3Si/c1-12(2,3)15-10(16-13(4,5)6)11(18)17-14(7,8)9/h15-17H,1-9,18H3. The molecule has 0 rings (SSSR count). The maximum Gasteiger partial charge on any atom is 0.113 e. The van der Waals surface area contributed by atoms with Crippen LogP contribution in [0.4, 0.5) is 0 Å². The third-order valence-corrected chi connectivity index (χ3v) is 2.69. The SMILES string of the molecule is CC(C)(C)NC([SiH3])=C(NC(C)(C)C)NC(C)(C)C. The zero-order valence-electron chi connectivity index (χ0n) is 14.0. The van der Waals surface area contributed by atoms with E-state index in [0.29, 0.717) is 0 Å². The fraction of sp³-hybridized carbons (Fsp3) is 0.857. The molecule has 18 heavy (non-hydrogen) atoms. The second-order valence-corrected chi connectivity index (χ2v) is 9.12. The summed E-state index contributed by atoms with van der Waals surface area (Å²) >= 11 is 0. The van der Waals surface area contributed by atoms with Crippen molar-refractivity contribution in [1.29, 1.82) is 0 Å². The minimum atomic E-state index is 0.0583. The average molecular weight is 272 g/mol. The van der Waals surface area contributed by atoms with Crippen molar-refractivity contribution in [2.45, 2.75) is 78.9 Å². The van der Waals surface area contributed by atoms with Crippen molar-refractivity contribution in [2.24, 2.45) is 0 Å². The predicted octanol–water partition coefficient (Wildman–Crippen LogP) is 1.64. The van der Waals surface area contributed by atoms with Crippen LogP contribution >= 0.6 is 0 Å². The van der Waals surface area contributed by atoms with Crippen LogP contribution in [0.1, 0.15) is 62.3 Å². The molecule has 3 nitrogen and oxygen atoms in total. The Morgan fingerprint density at radius 1 is 0.611 bits per heavy atom. The zero-order chi connectivity index (χ0) is 14.8. The first-order valence-corrected chi connectivity index (χ1v) is 7.75. The molecule has 0 radical (unpaired) electrons. The molecule has 0 aliphatic rings. The van der Waals surface area contributed by atoms with Crippen LogP contribution < -0.4 is 16.0 Å². The van der Waals surface area contributed by atoms with E-state index in [4.69, 9.17) is 0 Å². The van der Waals surface area contributed by atoms with Crippen LogP contribution in [0.15, 0.2) is 11.1 Å². The summed E-state index contributed by atoms with van der Waals surface area (Å²) in [4.78, 5) is 0. The van der Waals surface area contributed by atoms with Gasteiger partial charge in [0.15, 0.2) is 0 Å². The Balaban J connectivity index is 5.13. The lowest BCUT2D eigenvalue weighted by Gasteiger charge is -2.34. The quantitative estimate of drug-likeness (QED) is 0.683. The lowest BCUT2D eigenvalue weighted by atomic mass is 10.1. The highest BCUT2D eigenvalue weighted by molar-refractivity contribution is 6.21. The van der Waals surface area contributed by atoms with Crippen LogP contribution in [0.25, 0.3) is 0 Å². The van der Waals surface area contributed by atoms with E-state index in [1.54, 1.807) is 0 Å². The molecule has 0 saturated carbocycles. The first kappa shape index (κ1) is 17.4. The third-order valence-electron chi connectivity index (χ3n) is 1.94. The molecule has 0 saturated heterocycles. The van der Waals surface area contributed by atoms with Gasteiger partial charge in [0, 0.05) is 21.9 Å². The number of rotatable bonds is 3. The summed E-state index contributed by atoms with van der Waals surface area (Å²) < 4.78 is 0. The third kappa shape index (κ3) is 9.39. The van der Waals surface area contributed by atoms with Gasteiger partial charge in [0.2, 0.25) is 0 Å². The molecule has 0 atom stereocenters. The van der Waals surface area contributed by atoms with Gasteiger partial charge in [0.05, 0.1) is 10.2 Å². The summed E-state index contributed by atoms with van der Waals surface area (Å²) in [7, 11) is 0.983. The van der Waals surface area contributed by atoms with Gasteiger partial charge >= 0.3 is 0 Å². The van der Waals surface area contributed by atoms with Crippen LogP contribution in [0.5, 0.6) is 0 Å². The fourth-order valence-corrected chi connectivity index (χ4v) is 2.59. The van der Waals surface area contributed by atoms with Gasteiger partial charge in [-0.2, -0.15) is 0 Å². The zero-order valence-corrected chi connectivity index (χ0v) is 16.0. The smallest absolute Gasteiger partial charge is 0.113 e. The van der Waals surface area contributed by atoms with Crippen LogP contribution in [-0.4, -0.2) is 26.9 Å². The van der Waals surface area contributed by atoms with E-state index < -0.39 is 0 Å². The molecule has 0 aromatic carbocycles. The summed E-state index contributed by atoms with van der Waals surface area (Å²) in [6.45, 7) is 19.7. The van der Waals surface area contributed by atoms with E-state index in [1.807, 2.05) is 0 Å².